The van der Waals surface area contributed by atoms with Crippen LogP contribution >= 0.6 is 15.9 Å². The highest BCUT2D eigenvalue weighted by molar-refractivity contribution is 9.10. The molecular weight excluding hydrogens is 276 g/mol. The average Bonchev–Trinajstić information content (AvgIpc) is 2.29. The SMILES string of the molecule is C=C.CCOC(=O)CCC(Br)C(=O)OCC. The molecule has 0 rings (SSSR count). The number of halogens is 1. The van der Waals surface area contributed by atoms with Crippen molar-refractivity contribution >= 4 is 27.9 Å². The third-order valence-corrected chi connectivity index (χ3v) is 2.28. The highest BCUT2D eigenvalue weighted by Gasteiger charge is 2.17. The van der Waals surface area contributed by atoms with Gasteiger partial charge in [-0.3, -0.25) is 9.59 Å². The van der Waals surface area contributed by atoms with Crippen molar-refractivity contribution in [1.29, 1.82) is 0 Å². The average molecular weight is 295 g/mol. The Hall–Kier alpha value is -0.840. The summed E-state index contributed by atoms with van der Waals surface area (Å²) in [4.78, 5) is 21.6. The summed E-state index contributed by atoms with van der Waals surface area (Å²) in [7, 11) is 0. The first-order valence-electron chi connectivity index (χ1n) is 5.08. The molecule has 0 saturated heterocycles. The van der Waals surface area contributed by atoms with Gasteiger partial charge < -0.3 is 9.47 Å². The van der Waals surface area contributed by atoms with Crippen molar-refractivity contribution in [3.63, 3.8) is 0 Å². The lowest BCUT2D eigenvalue weighted by molar-refractivity contribution is -0.144. The summed E-state index contributed by atoms with van der Waals surface area (Å²) in [6, 6.07) is 0. The minimum absolute atomic E-state index is 0.225. The van der Waals surface area contributed by atoms with E-state index in [-0.39, 0.29) is 18.4 Å². The second-order valence-corrected chi connectivity index (χ2v) is 3.67. The van der Waals surface area contributed by atoms with Crippen LogP contribution in [0.25, 0.3) is 0 Å². The van der Waals surface area contributed by atoms with E-state index in [2.05, 4.69) is 29.1 Å². The highest BCUT2D eigenvalue weighted by Crippen LogP contribution is 2.10. The van der Waals surface area contributed by atoms with Crippen molar-refractivity contribution in [3.8, 4) is 0 Å². The Bertz CT molecular complexity index is 206. The number of esters is 2. The van der Waals surface area contributed by atoms with Gasteiger partial charge in [-0.15, -0.1) is 13.2 Å². The lowest BCUT2D eigenvalue weighted by Gasteiger charge is -2.07. The molecule has 0 fully saturated rings. The Balaban J connectivity index is 0. The van der Waals surface area contributed by atoms with Crippen LogP contribution < -0.4 is 0 Å². The van der Waals surface area contributed by atoms with E-state index in [1.807, 2.05) is 0 Å². The highest BCUT2D eigenvalue weighted by atomic mass is 79.9. The molecule has 0 aliphatic carbocycles. The van der Waals surface area contributed by atoms with Gasteiger partial charge in [0.25, 0.3) is 0 Å². The van der Waals surface area contributed by atoms with Gasteiger partial charge in [0.2, 0.25) is 0 Å². The van der Waals surface area contributed by atoms with Gasteiger partial charge in [0, 0.05) is 6.42 Å². The Morgan fingerprint density at radius 2 is 1.69 bits per heavy atom. The quantitative estimate of drug-likeness (QED) is 0.429. The summed E-state index contributed by atoms with van der Waals surface area (Å²) in [6.07, 6.45) is 0.625. The van der Waals surface area contributed by atoms with Crippen LogP contribution in [0.2, 0.25) is 0 Å². The molecular formula is C11H19BrO4. The van der Waals surface area contributed by atoms with Gasteiger partial charge in [-0.1, -0.05) is 15.9 Å². The molecule has 1 atom stereocenters. The van der Waals surface area contributed by atoms with Crippen LogP contribution in [0.1, 0.15) is 26.7 Å². The van der Waals surface area contributed by atoms with Gasteiger partial charge in [-0.2, -0.15) is 0 Å². The number of rotatable bonds is 6. The van der Waals surface area contributed by atoms with E-state index in [1.54, 1.807) is 13.8 Å². The largest absolute Gasteiger partial charge is 0.466 e. The second-order valence-electron chi connectivity index (χ2n) is 2.56. The minimum Gasteiger partial charge on any atom is -0.466 e. The topological polar surface area (TPSA) is 52.6 Å². The molecule has 0 aliphatic rings. The molecule has 0 heterocycles. The standard InChI is InChI=1S/C9H15BrO4.C2H4/c1-3-13-8(11)6-5-7(10)9(12)14-4-2;1-2/h7H,3-6H2,1-2H3;1-2H2. The number of carbonyl (C=O) groups excluding carboxylic acids is 2. The molecule has 0 radical (unpaired) electrons. The van der Waals surface area contributed by atoms with Gasteiger partial charge in [-0.25, -0.2) is 0 Å². The van der Waals surface area contributed by atoms with Gasteiger partial charge in [-0.05, 0) is 20.3 Å². The summed E-state index contributed by atoms with van der Waals surface area (Å²) in [5, 5.41) is 0. The van der Waals surface area contributed by atoms with E-state index in [0.717, 1.165) is 0 Å². The van der Waals surface area contributed by atoms with E-state index < -0.39 is 4.83 Å². The van der Waals surface area contributed by atoms with Crippen molar-refractivity contribution in [3.05, 3.63) is 13.2 Å². The Morgan fingerprint density at radius 1 is 1.19 bits per heavy atom. The van der Waals surface area contributed by atoms with Crippen LogP contribution in [-0.4, -0.2) is 30.0 Å². The number of hydrogen-bond donors (Lipinski definition) is 0. The van der Waals surface area contributed by atoms with Crippen LogP contribution in [0.5, 0.6) is 0 Å². The fraction of sp³-hybridized carbons (Fsp3) is 0.636. The monoisotopic (exact) mass is 294 g/mol. The first-order valence-corrected chi connectivity index (χ1v) is 5.99. The molecule has 5 heteroatoms. The summed E-state index contributed by atoms with van der Waals surface area (Å²) in [6.45, 7) is 10.2. The molecule has 0 saturated carbocycles. The Kier molecular flexibility index (Phi) is 13.4. The lowest BCUT2D eigenvalue weighted by atomic mass is 10.2. The number of carbonyl (C=O) groups is 2. The van der Waals surface area contributed by atoms with Crippen molar-refractivity contribution in [2.75, 3.05) is 13.2 Å². The summed E-state index contributed by atoms with van der Waals surface area (Å²) in [5.41, 5.74) is 0. The van der Waals surface area contributed by atoms with Gasteiger partial charge >= 0.3 is 11.9 Å². The van der Waals surface area contributed by atoms with E-state index in [0.29, 0.717) is 19.6 Å². The van der Waals surface area contributed by atoms with Crippen LogP contribution in [0, 0.1) is 0 Å². The molecule has 0 spiro atoms. The molecule has 94 valence electrons. The van der Waals surface area contributed by atoms with E-state index in [9.17, 15) is 9.59 Å². The minimum atomic E-state index is -0.424. The maximum Gasteiger partial charge on any atom is 0.319 e. The molecule has 0 aromatic carbocycles. The van der Waals surface area contributed by atoms with Crippen molar-refractivity contribution in [1.82, 2.24) is 0 Å². The number of hydrogen-bond acceptors (Lipinski definition) is 4. The van der Waals surface area contributed by atoms with Gasteiger partial charge in [0.05, 0.1) is 13.2 Å². The first-order chi connectivity index (χ1) is 7.61. The zero-order valence-corrected chi connectivity index (χ0v) is 11.4. The van der Waals surface area contributed by atoms with Crippen molar-refractivity contribution in [2.45, 2.75) is 31.5 Å². The number of ether oxygens (including phenoxy) is 2. The Morgan fingerprint density at radius 3 is 2.12 bits per heavy atom. The molecule has 0 aromatic heterocycles. The zero-order chi connectivity index (χ0) is 13.0. The van der Waals surface area contributed by atoms with Crippen molar-refractivity contribution in [2.24, 2.45) is 0 Å². The van der Waals surface area contributed by atoms with E-state index in [1.165, 1.54) is 0 Å². The molecule has 1 unspecified atom stereocenters. The maximum atomic E-state index is 11.1. The van der Waals surface area contributed by atoms with E-state index in [4.69, 9.17) is 9.47 Å². The molecule has 0 aliphatic heterocycles. The molecule has 0 bridgehead atoms. The van der Waals surface area contributed by atoms with E-state index >= 15 is 0 Å². The third-order valence-electron chi connectivity index (χ3n) is 1.45. The summed E-state index contributed by atoms with van der Waals surface area (Å²) >= 11 is 3.14. The van der Waals surface area contributed by atoms with Crippen LogP contribution in [0.4, 0.5) is 0 Å². The van der Waals surface area contributed by atoms with Crippen LogP contribution in [0.3, 0.4) is 0 Å². The second kappa shape index (κ2) is 12.2. The maximum absolute atomic E-state index is 11.1. The predicted octanol–water partition coefficient (Wildman–Crippen LogP) is 2.46. The molecule has 4 nitrogen and oxygen atoms in total. The van der Waals surface area contributed by atoms with Crippen LogP contribution in [0.15, 0.2) is 13.2 Å². The zero-order valence-electron chi connectivity index (χ0n) is 9.83. The van der Waals surface area contributed by atoms with Gasteiger partial charge in [0.15, 0.2) is 0 Å². The molecule has 0 aromatic rings. The number of alkyl halides is 1. The summed E-state index contributed by atoms with van der Waals surface area (Å²) < 4.78 is 9.48. The fourth-order valence-electron chi connectivity index (χ4n) is 0.828. The molecule has 0 N–H and O–H groups in total. The van der Waals surface area contributed by atoms with Crippen molar-refractivity contribution < 1.29 is 19.1 Å². The summed E-state index contributed by atoms with van der Waals surface area (Å²) in [5.74, 6) is -0.627. The normalized spacial score (nSPS) is 10.7. The van der Waals surface area contributed by atoms with Gasteiger partial charge in [0.1, 0.15) is 4.83 Å². The predicted molar refractivity (Wildman–Crippen MR) is 66.5 cm³/mol. The smallest absolute Gasteiger partial charge is 0.319 e. The molecule has 0 amide bonds. The fourth-order valence-corrected chi connectivity index (χ4v) is 1.19. The lowest BCUT2D eigenvalue weighted by Crippen LogP contribution is -2.19. The first kappa shape index (κ1) is 17.6. The Labute approximate surface area is 105 Å². The third kappa shape index (κ3) is 9.71. The van der Waals surface area contributed by atoms with Crippen LogP contribution in [-0.2, 0) is 19.1 Å². The molecule has 16 heavy (non-hydrogen) atoms.